The van der Waals surface area contributed by atoms with Crippen molar-refractivity contribution < 1.29 is 14.3 Å². The number of ether oxygens (including phenoxy) is 1. The molecule has 1 aromatic carbocycles. The fourth-order valence-electron chi connectivity index (χ4n) is 2.18. The zero-order valence-corrected chi connectivity index (χ0v) is 15.7. The van der Waals surface area contributed by atoms with Crippen molar-refractivity contribution in [2.24, 2.45) is 5.73 Å². The molecule has 6 heteroatoms. The Labute approximate surface area is 151 Å². The molecule has 0 aliphatic rings. The van der Waals surface area contributed by atoms with Gasteiger partial charge in [0.1, 0.15) is 6.04 Å². The van der Waals surface area contributed by atoms with Gasteiger partial charge in [-0.25, -0.2) is 0 Å². The van der Waals surface area contributed by atoms with Crippen molar-refractivity contribution in [3.8, 4) is 0 Å². The number of carbonyl (C=O) groups is 2. The molecule has 23 heavy (non-hydrogen) atoms. The molecule has 0 aliphatic carbocycles. The highest BCUT2D eigenvalue weighted by molar-refractivity contribution is 14.1. The molecule has 0 aromatic heterocycles. The van der Waals surface area contributed by atoms with E-state index in [2.05, 4.69) is 56.9 Å². The van der Waals surface area contributed by atoms with Crippen LogP contribution in [0.5, 0.6) is 0 Å². The van der Waals surface area contributed by atoms with E-state index < -0.39 is 6.04 Å². The fraction of sp³-hybridized carbons (Fsp3) is 0.529. The van der Waals surface area contributed by atoms with Crippen LogP contribution >= 0.6 is 22.6 Å². The van der Waals surface area contributed by atoms with Crippen LogP contribution in [-0.4, -0.2) is 31.6 Å². The highest BCUT2D eigenvalue weighted by Crippen LogP contribution is 2.09. The monoisotopic (exact) mass is 432 g/mol. The third kappa shape index (κ3) is 8.90. The van der Waals surface area contributed by atoms with Gasteiger partial charge in [-0.1, -0.05) is 12.1 Å². The predicted molar refractivity (Wildman–Crippen MR) is 98.9 cm³/mol. The molecular weight excluding hydrogens is 407 g/mol. The van der Waals surface area contributed by atoms with Gasteiger partial charge in [-0.05, 0) is 72.4 Å². The smallest absolute Gasteiger partial charge is 0.322 e. The minimum atomic E-state index is -0.565. The van der Waals surface area contributed by atoms with E-state index in [0.717, 1.165) is 25.7 Å². The van der Waals surface area contributed by atoms with Gasteiger partial charge in [0, 0.05) is 16.5 Å². The molecule has 3 N–H and O–H groups in total. The predicted octanol–water partition coefficient (Wildman–Crippen LogP) is 2.40. The van der Waals surface area contributed by atoms with Crippen LogP contribution in [0.15, 0.2) is 24.3 Å². The van der Waals surface area contributed by atoms with Crippen molar-refractivity contribution in [1.82, 2.24) is 5.32 Å². The van der Waals surface area contributed by atoms with E-state index in [1.807, 2.05) is 0 Å². The van der Waals surface area contributed by atoms with Crippen molar-refractivity contribution in [2.75, 3.05) is 13.7 Å². The van der Waals surface area contributed by atoms with Gasteiger partial charge >= 0.3 is 5.97 Å². The molecule has 1 amide bonds. The number of methoxy groups -OCH3 is 1. The quantitative estimate of drug-likeness (QED) is 0.338. The van der Waals surface area contributed by atoms with Gasteiger partial charge in [0.05, 0.1) is 7.11 Å². The van der Waals surface area contributed by atoms with Crippen LogP contribution in [0.1, 0.15) is 37.7 Å². The summed E-state index contributed by atoms with van der Waals surface area (Å²) in [6.07, 6.45) is 4.48. The topological polar surface area (TPSA) is 81.4 Å². The summed E-state index contributed by atoms with van der Waals surface area (Å²) in [4.78, 5) is 22.8. The maximum absolute atomic E-state index is 11.7. The first-order valence-electron chi connectivity index (χ1n) is 7.87. The van der Waals surface area contributed by atoms with Gasteiger partial charge in [0.25, 0.3) is 0 Å². The largest absolute Gasteiger partial charge is 0.468 e. The molecule has 0 spiro atoms. The Morgan fingerprint density at radius 1 is 1.22 bits per heavy atom. The Hall–Kier alpha value is -1.15. The third-order valence-electron chi connectivity index (χ3n) is 3.55. The first-order chi connectivity index (χ1) is 11.0. The molecule has 0 unspecified atom stereocenters. The number of halogens is 1. The Bertz CT molecular complexity index is 491. The van der Waals surface area contributed by atoms with Crippen molar-refractivity contribution >= 4 is 34.5 Å². The number of esters is 1. The van der Waals surface area contributed by atoms with Gasteiger partial charge in [0.2, 0.25) is 5.91 Å². The van der Waals surface area contributed by atoms with Crippen LogP contribution < -0.4 is 11.1 Å². The molecule has 1 rings (SSSR count). The van der Waals surface area contributed by atoms with E-state index in [0.29, 0.717) is 19.4 Å². The zero-order valence-electron chi connectivity index (χ0n) is 13.5. The number of hydrogen-bond donors (Lipinski definition) is 2. The number of rotatable bonds is 10. The van der Waals surface area contributed by atoms with Gasteiger partial charge in [0.15, 0.2) is 0 Å². The molecule has 1 aromatic rings. The minimum Gasteiger partial charge on any atom is -0.468 e. The standard InChI is InChI=1S/C17H25IN2O3/c1-23-17(22)15(19)6-2-3-12-20-16(21)7-4-5-13-8-10-14(18)11-9-13/h8-11,15H,2-7,12,19H2,1H3,(H,20,21)/t15-/m0/s1. The van der Waals surface area contributed by atoms with Crippen molar-refractivity contribution in [3.05, 3.63) is 33.4 Å². The number of benzene rings is 1. The average molecular weight is 432 g/mol. The number of amides is 1. The maximum atomic E-state index is 11.7. The first-order valence-corrected chi connectivity index (χ1v) is 8.95. The van der Waals surface area contributed by atoms with Crippen LogP contribution in [0.3, 0.4) is 0 Å². The molecule has 0 fully saturated rings. The third-order valence-corrected chi connectivity index (χ3v) is 4.27. The Kier molecular flexibility index (Phi) is 9.86. The van der Waals surface area contributed by atoms with Crippen molar-refractivity contribution in [3.63, 3.8) is 0 Å². The average Bonchev–Trinajstić information content (AvgIpc) is 2.55. The second-order valence-electron chi connectivity index (χ2n) is 5.46. The Balaban J connectivity index is 2.04. The molecule has 0 saturated heterocycles. The molecule has 0 aliphatic heterocycles. The summed E-state index contributed by atoms with van der Waals surface area (Å²) < 4.78 is 5.78. The van der Waals surface area contributed by atoms with Crippen LogP contribution in [0, 0.1) is 3.57 Å². The molecule has 128 valence electrons. The van der Waals surface area contributed by atoms with E-state index >= 15 is 0 Å². The zero-order chi connectivity index (χ0) is 17.1. The van der Waals surface area contributed by atoms with E-state index in [1.165, 1.54) is 16.2 Å². The lowest BCUT2D eigenvalue weighted by Crippen LogP contribution is -2.31. The first kappa shape index (κ1) is 19.9. The number of nitrogens with one attached hydrogen (secondary N) is 1. The molecule has 0 radical (unpaired) electrons. The number of hydrogen-bond acceptors (Lipinski definition) is 4. The van der Waals surface area contributed by atoms with Crippen LogP contribution in [0.4, 0.5) is 0 Å². The van der Waals surface area contributed by atoms with E-state index in [4.69, 9.17) is 5.73 Å². The highest BCUT2D eigenvalue weighted by atomic mass is 127. The van der Waals surface area contributed by atoms with Gasteiger partial charge in [-0.2, -0.15) is 0 Å². The summed E-state index contributed by atoms with van der Waals surface area (Å²) >= 11 is 2.28. The Morgan fingerprint density at radius 3 is 2.57 bits per heavy atom. The minimum absolute atomic E-state index is 0.0766. The molecular formula is C17H25IN2O3. The second-order valence-corrected chi connectivity index (χ2v) is 6.70. The van der Waals surface area contributed by atoms with E-state index in [9.17, 15) is 9.59 Å². The fourth-order valence-corrected chi connectivity index (χ4v) is 2.54. The van der Waals surface area contributed by atoms with Crippen LogP contribution in [0.2, 0.25) is 0 Å². The summed E-state index contributed by atoms with van der Waals surface area (Å²) in [7, 11) is 1.33. The number of nitrogens with two attached hydrogens (primary N) is 1. The molecule has 0 heterocycles. The summed E-state index contributed by atoms with van der Waals surface area (Å²) in [5.74, 6) is -0.308. The van der Waals surface area contributed by atoms with Crippen LogP contribution in [0.25, 0.3) is 0 Å². The van der Waals surface area contributed by atoms with Gasteiger partial charge in [-0.15, -0.1) is 0 Å². The molecule has 0 bridgehead atoms. The Morgan fingerprint density at radius 2 is 1.91 bits per heavy atom. The maximum Gasteiger partial charge on any atom is 0.322 e. The summed E-state index contributed by atoms with van der Waals surface area (Å²) in [5.41, 5.74) is 6.90. The van der Waals surface area contributed by atoms with Gasteiger partial charge in [-0.3, -0.25) is 9.59 Å². The number of carbonyl (C=O) groups excluding carboxylic acids is 2. The highest BCUT2D eigenvalue weighted by Gasteiger charge is 2.12. The second kappa shape index (κ2) is 11.4. The van der Waals surface area contributed by atoms with Crippen molar-refractivity contribution in [2.45, 2.75) is 44.6 Å². The SMILES string of the molecule is COC(=O)[C@@H](N)CCCCNC(=O)CCCc1ccc(I)cc1. The molecule has 1 atom stereocenters. The van der Waals surface area contributed by atoms with E-state index in [-0.39, 0.29) is 11.9 Å². The lowest BCUT2D eigenvalue weighted by atomic mass is 10.1. The molecule has 5 nitrogen and oxygen atoms in total. The van der Waals surface area contributed by atoms with E-state index in [1.54, 1.807) is 0 Å². The number of unbranched alkanes of at least 4 members (excludes halogenated alkanes) is 1. The summed E-state index contributed by atoms with van der Waals surface area (Å²) in [6, 6.07) is 7.79. The lowest BCUT2D eigenvalue weighted by Gasteiger charge is -2.09. The number of aryl methyl sites for hydroxylation is 1. The van der Waals surface area contributed by atoms with Crippen LogP contribution in [-0.2, 0) is 20.7 Å². The summed E-state index contributed by atoms with van der Waals surface area (Å²) in [6.45, 7) is 0.621. The van der Waals surface area contributed by atoms with Gasteiger partial charge < -0.3 is 15.8 Å². The normalized spacial score (nSPS) is 11.8. The summed E-state index contributed by atoms with van der Waals surface area (Å²) in [5, 5.41) is 2.90. The van der Waals surface area contributed by atoms with Crippen molar-refractivity contribution in [1.29, 1.82) is 0 Å². The molecule has 0 saturated carbocycles. The lowest BCUT2D eigenvalue weighted by molar-refractivity contribution is -0.142.